The van der Waals surface area contributed by atoms with Crippen LogP contribution in [0.25, 0.3) is 0 Å². The predicted molar refractivity (Wildman–Crippen MR) is 83.9 cm³/mol. The Balaban J connectivity index is 2.10. The van der Waals surface area contributed by atoms with Crippen LogP contribution in [-0.2, 0) is 9.53 Å². The lowest BCUT2D eigenvalue weighted by atomic mass is 9.77. The van der Waals surface area contributed by atoms with E-state index in [1.54, 1.807) is 7.11 Å². The molecule has 0 saturated heterocycles. The highest BCUT2D eigenvalue weighted by Crippen LogP contribution is 2.38. The first-order valence-electron chi connectivity index (χ1n) is 7.23. The minimum atomic E-state index is -0.266. The van der Waals surface area contributed by atoms with E-state index in [1.807, 2.05) is 25.1 Å². The summed E-state index contributed by atoms with van der Waals surface area (Å²) in [5.74, 6) is 5.80. The fourth-order valence-electron chi connectivity index (χ4n) is 2.53. The molecule has 21 heavy (non-hydrogen) atoms. The molecule has 4 heteroatoms. The topological polar surface area (TPSA) is 64.3 Å². The van der Waals surface area contributed by atoms with Crippen LogP contribution >= 0.6 is 0 Å². The van der Waals surface area contributed by atoms with Gasteiger partial charge < -0.3 is 15.8 Å². The zero-order chi connectivity index (χ0) is 15.3. The van der Waals surface area contributed by atoms with Crippen molar-refractivity contribution in [2.45, 2.75) is 38.2 Å². The number of methoxy groups -OCH3 is 1. The predicted octanol–water partition coefficient (Wildman–Crippen LogP) is 2.20. The van der Waals surface area contributed by atoms with Crippen LogP contribution in [0.2, 0.25) is 0 Å². The molecule has 1 saturated carbocycles. The highest BCUT2D eigenvalue weighted by atomic mass is 16.5. The van der Waals surface area contributed by atoms with Gasteiger partial charge in [-0.3, -0.25) is 4.79 Å². The second-order valence-corrected chi connectivity index (χ2v) is 5.52. The highest BCUT2D eigenvalue weighted by Gasteiger charge is 2.39. The van der Waals surface area contributed by atoms with Gasteiger partial charge in [-0.25, -0.2) is 0 Å². The van der Waals surface area contributed by atoms with E-state index >= 15 is 0 Å². The Hall–Kier alpha value is -1.83. The number of hydrogen-bond acceptors (Lipinski definition) is 3. The molecule has 112 valence electrons. The number of amides is 1. The van der Waals surface area contributed by atoms with E-state index in [0.29, 0.717) is 13.0 Å². The zero-order valence-electron chi connectivity index (χ0n) is 12.7. The second-order valence-electron chi connectivity index (χ2n) is 5.52. The van der Waals surface area contributed by atoms with E-state index in [9.17, 15) is 4.79 Å². The zero-order valence-corrected chi connectivity index (χ0v) is 12.7. The standard InChI is InChI=1S/C17H22N2O2/c1-13-6-7-15(14(11-13)5-3-10-18)19-16(20)12-17(21-2)8-4-9-17/h6-7,11H,4,8-10,12,18H2,1-2H3,(H,19,20). The third-order valence-corrected chi connectivity index (χ3v) is 3.95. The first-order chi connectivity index (χ1) is 10.1. The smallest absolute Gasteiger partial charge is 0.227 e. The third-order valence-electron chi connectivity index (χ3n) is 3.95. The number of ether oxygens (including phenoxy) is 1. The van der Waals surface area contributed by atoms with E-state index < -0.39 is 0 Å². The average Bonchev–Trinajstić information content (AvgIpc) is 2.43. The van der Waals surface area contributed by atoms with Crippen LogP contribution in [-0.4, -0.2) is 25.2 Å². The molecule has 0 radical (unpaired) electrons. The molecule has 0 spiro atoms. The Morgan fingerprint density at radius 1 is 1.48 bits per heavy atom. The van der Waals surface area contributed by atoms with Crippen LogP contribution in [0, 0.1) is 18.8 Å². The van der Waals surface area contributed by atoms with Crippen molar-refractivity contribution in [1.29, 1.82) is 0 Å². The molecule has 1 aromatic rings. The van der Waals surface area contributed by atoms with Crippen LogP contribution < -0.4 is 11.1 Å². The number of carbonyl (C=O) groups excluding carboxylic acids is 1. The summed E-state index contributed by atoms with van der Waals surface area (Å²) >= 11 is 0. The Morgan fingerprint density at radius 2 is 2.24 bits per heavy atom. The van der Waals surface area contributed by atoms with Crippen molar-refractivity contribution in [2.75, 3.05) is 19.0 Å². The number of benzene rings is 1. The monoisotopic (exact) mass is 286 g/mol. The Morgan fingerprint density at radius 3 is 2.81 bits per heavy atom. The lowest BCUT2D eigenvalue weighted by Crippen LogP contribution is -2.42. The third kappa shape index (κ3) is 3.84. The van der Waals surface area contributed by atoms with E-state index in [4.69, 9.17) is 10.5 Å². The molecule has 1 fully saturated rings. The summed E-state index contributed by atoms with van der Waals surface area (Å²) in [6.45, 7) is 2.29. The van der Waals surface area contributed by atoms with Crippen LogP contribution in [0.4, 0.5) is 5.69 Å². The maximum atomic E-state index is 12.2. The van der Waals surface area contributed by atoms with Crippen molar-refractivity contribution in [3.63, 3.8) is 0 Å². The summed E-state index contributed by atoms with van der Waals surface area (Å²) in [5, 5.41) is 2.94. The number of nitrogens with one attached hydrogen (secondary N) is 1. The van der Waals surface area contributed by atoms with Gasteiger partial charge in [0, 0.05) is 12.7 Å². The summed E-state index contributed by atoms with van der Waals surface area (Å²) in [6.07, 6.45) is 3.41. The quantitative estimate of drug-likeness (QED) is 0.834. The van der Waals surface area contributed by atoms with Crippen LogP contribution in [0.15, 0.2) is 18.2 Å². The first kappa shape index (κ1) is 15.6. The molecule has 3 N–H and O–H groups in total. The lowest BCUT2D eigenvalue weighted by Gasteiger charge is -2.39. The molecule has 2 rings (SSSR count). The summed E-state index contributed by atoms with van der Waals surface area (Å²) < 4.78 is 5.49. The second kappa shape index (κ2) is 6.75. The lowest BCUT2D eigenvalue weighted by molar-refractivity contribution is -0.129. The average molecular weight is 286 g/mol. The number of aryl methyl sites for hydroxylation is 1. The Bertz CT molecular complexity index is 575. The van der Waals surface area contributed by atoms with Crippen molar-refractivity contribution in [2.24, 2.45) is 5.73 Å². The molecule has 1 amide bonds. The van der Waals surface area contributed by atoms with Crippen molar-refractivity contribution >= 4 is 11.6 Å². The van der Waals surface area contributed by atoms with Crippen LogP contribution in [0.1, 0.15) is 36.8 Å². The minimum Gasteiger partial charge on any atom is -0.378 e. The van der Waals surface area contributed by atoms with Gasteiger partial charge in [-0.15, -0.1) is 0 Å². The van der Waals surface area contributed by atoms with E-state index in [2.05, 4.69) is 17.2 Å². The molecule has 0 bridgehead atoms. The van der Waals surface area contributed by atoms with Crippen molar-refractivity contribution in [3.05, 3.63) is 29.3 Å². The molecule has 0 heterocycles. The minimum absolute atomic E-state index is 0.0313. The van der Waals surface area contributed by atoms with Gasteiger partial charge in [-0.05, 0) is 43.9 Å². The summed E-state index contributed by atoms with van der Waals surface area (Å²) in [5.41, 5.74) is 7.78. The van der Waals surface area contributed by atoms with Gasteiger partial charge >= 0.3 is 0 Å². The van der Waals surface area contributed by atoms with Crippen LogP contribution in [0.3, 0.4) is 0 Å². The molecule has 1 aliphatic rings. The molecule has 0 atom stereocenters. The molecule has 4 nitrogen and oxygen atoms in total. The Labute approximate surface area is 126 Å². The maximum absolute atomic E-state index is 12.2. The SMILES string of the molecule is COC1(CC(=O)Nc2ccc(C)cc2C#CCN)CCC1. The molecule has 0 unspecified atom stereocenters. The summed E-state index contributed by atoms with van der Waals surface area (Å²) in [6, 6.07) is 5.79. The number of rotatable bonds is 4. The summed E-state index contributed by atoms with van der Waals surface area (Å²) in [4.78, 5) is 12.2. The maximum Gasteiger partial charge on any atom is 0.227 e. The number of carbonyl (C=O) groups is 1. The van der Waals surface area contributed by atoms with Gasteiger partial charge in [-0.2, -0.15) is 0 Å². The number of hydrogen-bond donors (Lipinski definition) is 2. The fraction of sp³-hybridized carbons (Fsp3) is 0.471. The molecule has 1 aromatic carbocycles. The highest BCUT2D eigenvalue weighted by molar-refractivity contribution is 5.93. The van der Waals surface area contributed by atoms with Crippen molar-refractivity contribution < 1.29 is 9.53 Å². The van der Waals surface area contributed by atoms with E-state index in [-0.39, 0.29) is 11.5 Å². The molecule has 0 aliphatic heterocycles. The van der Waals surface area contributed by atoms with E-state index in [0.717, 1.165) is 36.1 Å². The van der Waals surface area contributed by atoms with Crippen LogP contribution in [0.5, 0.6) is 0 Å². The van der Waals surface area contributed by atoms with Crippen molar-refractivity contribution in [3.8, 4) is 11.8 Å². The van der Waals surface area contributed by atoms with Gasteiger partial charge in [0.15, 0.2) is 0 Å². The van der Waals surface area contributed by atoms with Gasteiger partial charge in [0.25, 0.3) is 0 Å². The number of anilines is 1. The number of nitrogens with two attached hydrogens (primary N) is 1. The first-order valence-corrected chi connectivity index (χ1v) is 7.23. The fourth-order valence-corrected chi connectivity index (χ4v) is 2.53. The van der Waals surface area contributed by atoms with Gasteiger partial charge in [-0.1, -0.05) is 17.9 Å². The molecule has 0 aromatic heterocycles. The van der Waals surface area contributed by atoms with Crippen molar-refractivity contribution in [1.82, 2.24) is 0 Å². The molecule has 1 aliphatic carbocycles. The van der Waals surface area contributed by atoms with E-state index in [1.165, 1.54) is 0 Å². The summed E-state index contributed by atoms with van der Waals surface area (Å²) in [7, 11) is 1.68. The molecular formula is C17H22N2O2. The Kier molecular flexibility index (Phi) is 5.00. The van der Waals surface area contributed by atoms with Gasteiger partial charge in [0.1, 0.15) is 0 Å². The van der Waals surface area contributed by atoms with Gasteiger partial charge in [0.05, 0.1) is 24.3 Å². The molecular weight excluding hydrogens is 264 g/mol. The largest absolute Gasteiger partial charge is 0.378 e. The van der Waals surface area contributed by atoms with Gasteiger partial charge in [0.2, 0.25) is 5.91 Å². The normalized spacial score (nSPS) is 15.6.